The molecule has 0 amide bonds. The van der Waals surface area contributed by atoms with Gasteiger partial charge in [0.1, 0.15) is 6.07 Å². The van der Waals surface area contributed by atoms with E-state index in [1.165, 1.54) is 6.07 Å². The van der Waals surface area contributed by atoms with Gasteiger partial charge in [-0.2, -0.15) is 18.4 Å². The van der Waals surface area contributed by atoms with Crippen molar-refractivity contribution in [1.29, 1.82) is 5.26 Å². The molecule has 90 valence electrons. The van der Waals surface area contributed by atoms with E-state index in [0.29, 0.717) is 11.7 Å². The fourth-order valence-corrected chi connectivity index (χ4v) is 1.93. The number of hydrogen-bond donors (Lipinski definition) is 0. The molecule has 17 heavy (non-hydrogen) atoms. The lowest BCUT2D eigenvalue weighted by Gasteiger charge is -2.41. The number of anilines is 1. The highest BCUT2D eigenvalue weighted by atomic mass is 19.4. The summed E-state index contributed by atoms with van der Waals surface area (Å²) in [5, 5.41) is 8.92. The van der Waals surface area contributed by atoms with E-state index in [4.69, 9.17) is 5.26 Å². The Morgan fingerprint density at radius 1 is 1.41 bits per heavy atom. The van der Waals surface area contributed by atoms with E-state index in [0.717, 1.165) is 25.1 Å². The molecule has 1 aromatic rings. The van der Waals surface area contributed by atoms with Crippen molar-refractivity contribution in [2.24, 2.45) is 0 Å². The van der Waals surface area contributed by atoms with Crippen LogP contribution < -0.4 is 4.90 Å². The maximum atomic E-state index is 12.5. The van der Waals surface area contributed by atoms with Crippen LogP contribution in [0.25, 0.3) is 0 Å². The second-order valence-corrected chi connectivity index (χ2v) is 4.17. The highest BCUT2D eigenvalue weighted by Crippen LogP contribution is 2.35. The van der Waals surface area contributed by atoms with Crippen molar-refractivity contribution in [1.82, 2.24) is 0 Å². The Morgan fingerprint density at radius 3 is 2.53 bits per heavy atom. The van der Waals surface area contributed by atoms with Gasteiger partial charge in [-0.25, -0.2) is 0 Å². The standard InChI is InChI=1S/C12H11F3N2/c1-8-4-5-17(8)11-3-2-10(12(13,14)15)6-9(11)7-16/h2-3,6,8H,4-5H2,1H3. The van der Waals surface area contributed by atoms with Crippen LogP contribution in [-0.4, -0.2) is 12.6 Å². The minimum absolute atomic E-state index is 0.0892. The van der Waals surface area contributed by atoms with E-state index in [9.17, 15) is 13.2 Å². The van der Waals surface area contributed by atoms with Gasteiger partial charge in [-0.15, -0.1) is 0 Å². The summed E-state index contributed by atoms with van der Waals surface area (Å²) >= 11 is 0. The van der Waals surface area contributed by atoms with Crippen molar-refractivity contribution in [2.75, 3.05) is 11.4 Å². The fourth-order valence-electron chi connectivity index (χ4n) is 1.93. The average molecular weight is 240 g/mol. The maximum Gasteiger partial charge on any atom is 0.416 e. The zero-order valence-corrected chi connectivity index (χ0v) is 9.25. The van der Waals surface area contributed by atoms with Gasteiger partial charge < -0.3 is 4.90 Å². The normalized spacial score (nSPS) is 19.7. The van der Waals surface area contributed by atoms with Crippen molar-refractivity contribution < 1.29 is 13.2 Å². The molecule has 0 spiro atoms. The Hall–Kier alpha value is -1.70. The topological polar surface area (TPSA) is 27.0 Å². The van der Waals surface area contributed by atoms with Gasteiger partial charge in [0.15, 0.2) is 0 Å². The average Bonchev–Trinajstić information content (AvgIpc) is 2.26. The number of hydrogen-bond acceptors (Lipinski definition) is 2. The van der Waals surface area contributed by atoms with Crippen LogP contribution in [0, 0.1) is 11.3 Å². The van der Waals surface area contributed by atoms with Gasteiger partial charge in [0.25, 0.3) is 0 Å². The zero-order chi connectivity index (χ0) is 12.6. The van der Waals surface area contributed by atoms with Crippen molar-refractivity contribution in [3.63, 3.8) is 0 Å². The zero-order valence-electron chi connectivity index (χ0n) is 9.25. The third kappa shape index (κ3) is 2.07. The first-order valence-electron chi connectivity index (χ1n) is 5.31. The molecule has 0 radical (unpaired) electrons. The predicted molar refractivity (Wildman–Crippen MR) is 57.6 cm³/mol. The molecular formula is C12H11F3N2. The second-order valence-electron chi connectivity index (χ2n) is 4.17. The SMILES string of the molecule is CC1CCN1c1ccc(C(F)(F)F)cc1C#N. The summed E-state index contributed by atoms with van der Waals surface area (Å²) in [6.45, 7) is 2.78. The van der Waals surface area contributed by atoms with Crippen LogP contribution in [0.5, 0.6) is 0 Å². The molecule has 1 fully saturated rings. The molecule has 1 unspecified atom stereocenters. The third-order valence-electron chi connectivity index (χ3n) is 3.07. The molecule has 0 bridgehead atoms. The molecule has 0 aromatic heterocycles. The summed E-state index contributed by atoms with van der Waals surface area (Å²) in [6, 6.07) is 5.46. The first-order chi connectivity index (χ1) is 7.93. The Labute approximate surface area is 97.3 Å². The monoisotopic (exact) mass is 240 g/mol. The van der Waals surface area contributed by atoms with E-state index >= 15 is 0 Å². The number of benzene rings is 1. The molecule has 0 saturated carbocycles. The summed E-state index contributed by atoms with van der Waals surface area (Å²) in [6.07, 6.45) is -3.39. The van der Waals surface area contributed by atoms with Gasteiger partial charge in [0.05, 0.1) is 16.8 Å². The molecule has 1 saturated heterocycles. The van der Waals surface area contributed by atoms with Crippen LogP contribution in [0.2, 0.25) is 0 Å². The van der Waals surface area contributed by atoms with E-state index in [-0.39, 0.29) is 5.56 Å². The van der Waals surface area contributed by atoms with Crippen molar-refractivity contribution in [3.8, 4) is 6.07 Å². The summed E-state index contributed by atoms with van der Waals surface area (Å²) in [5.41, 5.74) is -0.0865. The highest BCUT2D eigenvalue weighted by Gasteiger charge is 2.32. The van der Waals surface area contributed by atoms with Gasteiger partial charge in [-0.1, -0.05) is 0 Å². The van der Waals surface area contributed by atoms with E-state index in [2.05, 4.69) is 0 Å². The molecule has 1 heterocycles. The number of rotatable bonds is 1. The highest BCUT2D eigenvalue weighted by molar-refractivity contribution is 5.62. The van der Waals surface area contributed by atoms with Crippen LogP contribution in [0.15, 0.2) is 18.2 Å². The molecule has 1 atom stereocenters. The van der Waals surface area contributed by atoms with Gasteiger partial charge >= 0.3 is 6.18 Å². The Kier molecular flexibility index (Phi) is 2.74. The molecule has 1 aliphatic heterocycles. The van der Waals surface area contributed by atoms with Crippen molar-refractivity contribution >= 4 is 5.69 Å². The van der Waals surface area contributed by atoms with Crippen molar-refractivity contribution in [2.45, 2.75) is 25.6 Å². The summed E-state index contributed by atoms with van der Waals surface area (Å²) in [4.78, 5) is 1.94. The smallest absolute Gasteiger partial charge is 0.368 e. The molecule has 5 heteroatoms. The van der Waals surface area contributed by atoms with Gasteiger partial charge in [0, 0.05) is 12.6 Å². The number of nitriles is 1. The van der Waals surface area contributed by atoms with E-state index in [1.807, 2.05) is 17.9 Å². The second kappa shape index (κ2) is 3.95. The number of halogens is 3. The molecule has 2 nitrogen and oxygen atoms in total. The lowest BCUT2D eigenvalue weighted by Crippen LogP contribution is -2.46. The summed E-state index contributed by atoms with van der Waals surface area (Å²) < 4.78 is 37.5. The van der Waals surface area contributed by atoms with E-state index in [1.54, 1.807) is 0 Å². The number of nitrogens with zero attached hydrogens (tertiary/aromatic N) is 2. The van der Waals surface area contributed by atoms with Gasteiger partial charge in [-0.3, -0.25) is 0 Å². The summed E-state index contributed by atoms with van der Waals surface area (Å²) in [7, 11) is 0. The van der Waals surface area contributed by atoms with Crippen LogP contribution in [0.3, 0.4) is 0 Å². The minimum Gasteiger partial charge on any atom is -0.368 e. The Morgan fingerprint density at radius 2 is 2.12 bits per heavy atom. The molecule has 1 aliphatic rings. The molecular weight excluding hydrogens is 229 g/mol. The van der Waals surface area contributed by atoms with Crippen LogP contribution in [-0.2, 0) is 6.18 Å². The van der Waals surface area contributed by atoms with Gasteiger partial charge in [0.2, 0.25) is 0 Å². The molecule has 0 N–H and O–H groups in total. The molecule has 2 rings (SSSR count). The molecule has 0 aliphatic carbocycles. The first-order valence-corrected chi connectivity index (χ1v) is 5.31. The first kappa shape index (κ1) is 11.8. The quantitative estimate of drug-likeness (QED) is 0.753. The maximum absolute atomic E-state index is 12.5. The fraction of sp³-hybridized carbons (Fsp3) is 0.417. The van der Waals surface area contributed by atoms with Crippen LogP contribution >= 0.6 is 0 Å². The van der Waals surface area contributed by atoms with Crippen LogP contribution in [0.1, 0.15) is 24.5 Å². The predicted octanol–water partition coefficient (Wildman–Crippen LogP) is 3.18. The Bertz CT molecular complexity index is 474. The third-order valence-corrected chi connectivity index (χ3v) is 3.07. The minimum atomic E-state index is -4.40. The van der Waals surface area contributed by atoms with Crippen molar-refractivity contribution in [3.05, 3.63) is 29.3 Å². The van der Waals surface area contributed by atoms with Crippen LogP contribution in [0.4, 0.5) is 18.9 Å². The number of alkyl halides is 3. The largest absolute Gasteiger partial charge is 0.416 e. The Balaban J connectivity index is 2.40. The molecule has 1 aromatic carbocycles. The summed E-state index contributed by atoms with van der Waals surface area (Å²) in [5.74, 6) is 0. The van der Waals surface area contributed by atoms with E-state index < -0.39 is 11.7 Å². The lowest BCUT2D eigenvalue weighted by atomic mass is 10.0. The van der Waals surface area contributed by atoms with Gasteiger partial charge in [-0.05, 0) is 31.5 Å². The lowest BCUT2D eigenvalue weighted by molar-refractivity contribution is -0.137.